The second-order valence-electron chi connectivity index (χ2n) is 5.58. The highest BCUT2D eigenvalue weighted by Gasteiger charge is 2.11. The summed E-state index contributed by atoms with van der Waals surface area (Å²) >= 11 is 0. The van der Waals surface area contributed by atoms with E-state index in [2.05, 4.69) is 44.2 Å². The van der Waals surface area contributed by atoms with Gasteiger partial charge in [-0.3, -0.25) is 0 Å². The molecule has 2 aromatic carbocycles. The minimum atomic E-state index is -0.0432. The Bertz CT molecular complexity index is 1210. The van der Waals surface area contributed by atoms with Gasteiger partial charge in [-0.15, -0.1) is 0 Å². The molecule has 0 fully saturated rings. The second kappa shape index (κ2) is 5.63. The Morgan fingerprint density at radius 1 is 0.680 bits per heavy atom. The van der Waals surface area contributed by atoms with Gasteiger partial charge in [-0.05, 0) is 30.2 Å². The van der Waals surface area contributed by atoms with Crippen molar-refractivity contribution in [1.29, 1.82) is 10.5 Å². The number of hydrogen-bond acceptors (Lipinski definition) is 6. The van der Waals surface area contributed by atoms with Gasteiger partial charge < -0.3 is 0 Å². The van der Waals surface area contributed by atoms with Crippen LogP contribution < -0.4 is 0 Å². The van der Waals surface area contributed by atoms with E-state index in [1.165, 1.54) is 5.56 Å². The van der Waals surface area contributed by atoms with E-state index in [0.717, 1.165) is 11.1 Å². The molecule has 0 aliphatic heterocycles. The summed E-state index contributed by atoms with van der Waals surface area (Å²) in [7, 11) is 0. The molecule has 0 saturated carbocycles. The number of rotatable bonds is 1. The predicted molar refractivity (Wildman–Crippen MR) is 92.2 cm³/mol. The highest BCUT2D eigenvalue weighted by molar-refractivity contribution is 5.86. The summed E-state index contributed by atoms with van der Waals surface area (Å²) in [6.45, 7) is 2.04. The van der Waals surface area contributed by atoms with Crippen molar-refractivity contribution >= 4 is 22.3 Å². The zero-order valence-corrected chi connectivity index (χ0v) is 13.2. The fraction of sp³-hybridized carbons (Fsp3) is 0.0526. The molecular weight excluding hydrogens is 312 g/mol. The molecule has 0 amide bonds. The molecular formula is C19H10N6. The molecule has 0 saturated heterocycles. The van der Waals surface area contributed by atoms with Crippen LogP contribution in [0.2, 0.25) is 0 Å². The van der Waals surface area contributed by atoms with Crippen molar-refractivity contribution in [3.63, 3.8) is 0 Å². The smallest absolute Gasteiger partial charge is 0.199 e. The molecule has 0 unspecified atom stereocenters. The van der Waals surface area contributed by atoms with Gasteiger partial charge >= 0.3 is 0 Å². The van der Waals surface area contributed by atoms with Crippen LogP contribution in [0.3, 0.4) is 0 Å². The van der Waals surface area contributed by atoms with Gasteiger partial charge in [-0.2, -0.15) is 10.5 Å². The van der Waals surface area contributed by atoms with E-state index in [-0.39, 0.29) is 22.7 Å². The SMILES string of the molecule is Cc1ccc(-c2ccc3nc4nc(C#N)c(C#N)nc4nc3c2)cc1. The number of aryl methyl sites for hydroxylation is 1. The average molecular weight is 322 g/mol. The Labute approximate surface area is 143 Å². The van der Waals surface area contributed by atoms with Crippen molar-refractivity contribution in [1.82, 2.24) is 19.9 Å². The molecule has 0 radical (unpaired) electrons. The Kier molecular flexibility index (Phi) is 3.30. The standard InChI is InChI=1S/C19H10N6/c1-11-2-4-12(5-3-11)13-6-7-14-15(8-13)23-19-18(22-14)24-16(9-20)17(10-21)25-19/h2-8H,1H3. The first-order valence-corrected chi connectivity index (χ1v) is 7.55. The lowest BCUT2D eigenvalue weighted by Crippen LogP contribution is -2.00. The number of fused-ring (bicyclic) bond motifs is 2. The molecule has 116 valence electrons. The van der Waals surface area contributed by atoms with Crippen LogP contribution in [0.25, 0.3) is 33.5 Å². The van der Waals surface area contributed by atoms with Crippen LogP contribution in [-0.4, -0.2) is 19.9 Å². The Hall–Kier alpha value is -3.90. The molecule has 0 aliphatic rings. The average Bonchev–Trinajstić information content (AvgIpc) is 2.65. The van der Waals surface area contributed by atoms with Gasteiger partial charge in [-0.25, -0.2) is 19.9 Å². The van der Waals surface area contributed by atoms with Gasteiger partial charge in [0.25, 0.3) is 0 Å². The van der Waals surface area contributed by atoms with Crippen LogP contribution in [0, 0.1) is 29.6 Å². The van der Waals surface area contributed by atoms with E-state index in [9.17, 15) is 0 Å². The van der Waals surface area contributed by atoms with E-state index < -0.39 is 0 Å². The van der Waals surface area contributed by atoms with Crippen molar-refractivity contribution in [2.24, 2.45) is 0 Å². The minimum Gasteiger partial charge on any atom is -0.224 e. The molecule has 0 aliphatic carbocycles. The third kappa shape index (κ3) is 2.52. The van der Waals surface area contributed by atoms with Crippen molar-refractivity contribution in [2.45, 2.75) is 6.92 Å². The molecule has 4 aromatic rings. The number of aromatic nitrogens is 4. The Morgan fingerprint density at radius 2 is 1.24 bits per heavy atom. The number of nitriles is 2. The lowest BCUT2D eigenvalue weighted by Gasteiger charge is -2.05. The normalized spacial score (nSPS) is 10.5. The van der Waals surface area contributed by atoms with Crippen LogP contribution in [0.5, 0.6) is 0 Å². The number of benzene rings is 2. The number of hydrogen-bond donors (Lipinski definition) is 0. The highest BCUT2D eigenvalue weighted by atomic mass is 15.0. The highest BCUT2D eigenvalue weighted by Crippen LogP contribution is 2.24. The Balaban J connectivity index is 1.93. The lowest BCUT2D eigenvalue weighted by molar-refractivity contribution is 1.14. The van der Waals surface area contributed by atoms with Crippen molar-refractivity contribution < 1.29 is 0 Å². The van der Waals surface area contributed by atoms with Crippen LogP contribution in [0.4, 0.5) is 0 Å². The third-order valence-corrected chi connectivity index (χ3v) is 3.88. The first-order valence-electron chi connectivity index (χ1n) is 7.55. The molecule has 2 aromatic heterocycles. The van der Waals surface area contributed by atoms with Gasteiger partial charge in [0.05, 0.1) is 11.0 Å². The van der Waals surface area contributed by atoms with Crippen molar-refractivity contribution in [2.75, 3.05) is 0 Å². The maximum absolute atomic E-state index is 9.09. The monoisotopic (exact) mass is 322 g/mol. The van der Waals surface area contributed by atoms with Crippen LogP contribution in [-0.2, 0) is 0 Å². The fourth-order valence-electron chi connectivity index (χ4n) is 2.58. The van der Waals surface area contributed by atoms with E-state index in [4.69, 9.17) is 10.5 Å². The van der Waals surface area contributed by atoms with Crippen molar-refractivity contribution in [3.05, 3.63) is 59.4 Å². The maximum atomic E-state index is 9.09. The largest absolute Gasteiger partial charge is 0.224 e. The van der Waals surface area contributed by atoms with E-state index in [1.807, 2.05) is 37.3 Å². The van der Waals surface area contributed by atoms with E-state index in [1.54, 1.807) is 0 Å². The summed E-state index contributed by atoms with van der Waals surface area (Å²) < 4.78 is 0. The summed E-state index contributed by atoms with van der Waals surface area (Å²) in [6.07, 6.45) is 0. The van der Waals surface area contributed by atoms with Gasteiger partial charge in [0.2, 0.25) is 0 Å². The molecule has 6 heteroatoms. The zero-order valence-electron chi connectivity index (χ0n) is 13.2. The van der Waals surface area contributed by atoms with E-state index in [0.29, 0.717) is 11.0 Å². The molecule has 6 nitrogen and oxygen atoms in total. The minimum absolute atomic E-state index is 0.0417. The maximum Gasteiger partial charge on any atom is 0.199 e. The predicted octanol–water partition coefficient (Wildman–Crippen LogP) is 3.29. The second-order valence-corrected chi connectivity index (χ2v) is 5.58. The van der Waals surface area contributed by atoms with E-state index >= 15 is 0 Å². The van der Waals surface area contributed by atoms with Crippen LogP contribution in [0.15, 0.2) is 42.5 Å². The number of nitrogens with zero attached hydrogens (tertiary/aromatic N) is 6. The lowest BCUT2D eigenvalue weighted by atomic mass is 10.0. The van der Waals surface area contributed by atoms with Crippen molar-refractivity contribution in [3.8, 4) is 23.3 Å². The Morgan fingerprint density at radius 3 is 1.84 bits per heavy atom. The first kappa shape index (κ1) is 14.7. The summed E-state index contributed by atoms with van der Waals surface area (Å²) in [4.78, 5) is 17.1. The molecule has 4 rings (SSSR count). The van der Waals surface area contributed by atoms with Gasteiger partial charge in [-0.1, -0.05) is 35.9 Å². The van der Waals surface area contributed by atoms with Crippen LogP contribution >= 0.6 is 0 Å². The third-order valence-electron chi connectivity index (χ3n) is 3.88. The molecule has 2 heterocycles. The molecule has 0 spiro atoms. The van der Waals surface area contributed by atoms with Crippen LogP contribution in [0.1, 0.15) is 17.0 Å². The first-order chi connectivity index (χ1) is 12.2. The van der Waals surface area contributed by atoms with Gasteiger partial charge in [0.1, 0.15) is 12.1 Å². The summed E-state index contributed by atoms with van der Waals surface area (Å²) in [5, 5.41) is 18.1. The molecule has 0 atom stereocenters. The molecule has 25 heavy (non-hydrogen) atoms. The zero-order chi connectivity index (χ0) is 17.4. The quantitative estimate of drug-likeness (QED) is 0.499. The summed E-state index contributed by atoms with van der Waals surface area (Å²) in [5.41, 5.74) is 5.04. The fourth-order valence-corrected chi connectivity index (χ4v) is 2.58. The molecule has 0 bridgehead atoms. The summed E-state index contributed by atoms with van der Waals surface area (Å²) in [6, 6.07) is 17.7. The van der Waals surface area contributed by atoms with Gasteiger partial charge in [0, 0.05) is 0 Å². The van der Waals surface area contributed by atoms with Gasteiger partial charge in [0.15, 0.2) is 22.7 Å². The summed E-state index contributed by atoms with van der Waals surface area (Å²) in [5.74, 6) is 0. The molecule has 0 N–H and O–H groups in total. The topological polar surface area (TPSA) is 99.1 Å².